The van der Waals surface area contributed by atoms with Gasteiger partial charge in [0.1, 0.15) is 5.75 Å². The number of benzene rings is 1. The van der Waals surface area contributed by atoms with Crippen LogP contribution in [0.2, 0.25) is 5.02 Å². The van der Waals surface area contributed by atoms with E-state index in [1.165, 1.54) is 12.0 Å². The van der Waals surface area contributed by atoms with Crippen molar-refractivity contribution in [3.63, 3.8) is 0 Å². The van der Waals surface area contributed by atoms with Gasteiger partial charge in [0.05, 0.1) is 11.6 Å². The third-order valence-corrected chi connectivity index (χ3v) is 3.70. The Bertz CT molecular complexity index is 398. The molecule has 0 amide bonds. The Hall–Kier alpha value is -0.770. The summed E-state index contributed by atoms with van der Waals surface area (Å²) in [5.41, 5.74) is 6.94. The van der Waals surface area contributed by atoms with E-state index in [2.05, 4.69) is 11.0 Å². The molecule has 1 aromatic carbocycles. The van der Waals surface area contributed by atoms with Gasteiger partial charge in [-0.25, -0.2) is 0 Å². The Morgan fingerprint density at radius 2 is 2.15 bits per heavy atom. The normalized spacial score (nSPS) is 18.6. The summed E-state index contributed by atoms with van der Waals surface area (Å²) in [7, 11) is 0. The molecule has 0 saturated carbocycles. The molecule has 2 rings (SSSR count). The van der Waals surface area contributed by atoms with E-state index in [4.69, 9.17) is 22.1 Å². The number of ether oxygens (including phenoxy) is 1. The van der Waals surface area contributed by atoms with Gasteiger partial charge >= 0.3 is 0 Å². The largest absolute Gasteiger partial charge is 0.492 e. The molecular weight excluding hydrogens is 272 g/mol. The number of rotatable bonds is 5. The number of hydrogen-bond donors (Lipinski definition) is 1. The molecule has 1 saturated heterocycles. The van der Waals surface area contributed by atoms with E-state index in [1.807, 2.05) is 32.9 Å². The van der Waals surface area contributed by atoms with Crippen LogP contribution < -0.4 is 10.5 Å². The fourth-order valence-electron chi connectivity index (χ4n) is 2.42. The van der Waals surface area contributed by atoms with E-state index in [0.29, 0.717) is 17.5 Å². The standard InChI is InChI=1S/C14H21ClN2O.C2H6/c1-2-18-14-4-3-11(7-13(14)15)9-17-6-5-12(8-16)10-17;1-2/h3-4,7,12H,2,5-6,8-10,16H2,1H3;1-2H3. The highest BCUT2D eigenvalue weighted by molar-refractivity contribution is 6.32. The van der Waals surface area contributed by atoms with E-state index < -0.39 is 0 Å². The molecule has 1 aromatic rings. The smallest absolute Gasteiger partial charge is 0.137 e. The Morgan fingerprint density at radius 1 is 1.40 bits per heavy atom. The van der Waals surface area contributed by atoms with Gasteiger partial charge in [-0.3, -0.25) is 4.90 Å². The molecule has 1 unspecified atom stereocenters. The van der Waals surface area contributed by atoms with Crippen molar-refractivity contribution in [1.29, 1.82) is 0 Å². The minimum Gasteiger partial charge on any atom is -0.492 e. The maximum atomic E-state index is 6.19. The second kappa shape index (κ2) is 9.22. The molecular formula is C16H27ClN2O. The molecule has 0 aliphatic carbocycles. The van der Waals surface area contributed by atoms with Crippen LogP contribution in [0, 0.1) is 5.92 Å². The molecule has 0 aromatic heterocycles. The van der Waals surface area contributed by atoms with Crippen LogP contribution in [0.5, 0.6) is 5.75 Å². The number of halogens is 1. The summed E-state index contributed by atoms with van der Waals surface area (Å²) in [6, 6.07) is 6.05. The maximum absolute atomic E-state index is 6.19. The minimum absolute atomic E-state index is 0.642. The summed E-state index contributed by atoms with van der Waals surface area (Å²) in [6.45, 7) is 10.6. The van der Waals surface area contributed by atoms with Gasteiger partial charge in [-0.2, -0.15) is 0 Å². The fraction of sp³-hybridized carbons (Fsp3) is 0.625. The molecule has 1 atom stereocenters. The lowest BCUT2D eigenvalue weighted by Gasteiger charge is -2.16. The Labute approximate surface area is 128 Å². The molecule has 4 heteroatoms. The highest BCUT2D eigenvalue weighted by Crippen LogP contribution is 2.27. The summed E-state index contributed by atoms with van der Waals surface area (Å²) in [5, 5.41) is 0.698. The fourth-order valence-corrected chi connectivity index (χ4v) is 2.68. The minimum atomic E-state index is 0.642. The number of hydrogen-bond acceptors (Lipinski definition) is 3. The first-order chi connectivity index (χ1) is 9.72. The van der Waals surface area contributed by atoms with Gasteiger partial charge in [0.25, 0.3) is 0 Å². The molecule has 1 heterocycles. The molecule has 1 aliphatic rings. The van der Waals surface area contributed by atoms with Crippen molar-refractivity contribution < 1.29 is 4.74 Å². The van der Waals surface area contributed by atoms with Crippen molar-refractivity contribution in [3.05, 3.63) is 28.8 Å². The van der Waals surface area contributed by atoms with Crippen LogP contribution in [-0.2, 0) is 6.54 Å². The van der Waals surface area contributed by atoms with Gasteiger partial charge in [-0.15, -0.1) is 0 Å². The quantitative estimate of drug-likeness (QED) is 0.903. The van der Waals surface area contributed by atoms with Gasteiger partial charge in [-0.05, 0) is 50.0 Å². The Balaban J connectivity index is 0.000000956. The zero-order chi connectivity index (χ0) is 15.0. The second-order valence-corrected chi connectivity index (χ2v) is 5.23. The van der Waals surface area contributed by atoms with Crippen LogP contribution in [0.15, 0.2) is 18.2 Å². The van der Waals surface area contributed by atoms with E-state index in [0.717, 1.165) is 31.9 Å². The first-order valence-electron chi connectivity index (χ1n) is 7.56. The van der Waals surface area contributed by atoms with Crippen LogP contribution in [0.4, 0.5) is 0 Å². The number of nitrogens with zero attached hydrogens (tertiary/aromatic N) is 1. The summed E-state index contributed by atoms with van der Waals surface area (Å²) in [5.74, 6) is 1.42. The van der Waals surface area contributed by atoms with Crippen molar-refractivity contribution in [2.45, 2.75) is 33.7 Å². The van der Waals surface area contributed by atoms with Crippen molar-refractivity contribution in [3.8, 4) is 5.75 Å². The van der Waals surface area contributed by atoms with Gasteiger partial charge in [-0.1, -0.05) is 31.5 Å². The predicted molar refractivity (Wildman–Crippen MR) is 86.4 cm³/mol. The first kappa shape index (κ1) is 17.3. The van der Waals surface area contributed by atoms with Crippen LogP contribution >= 0.6 is 11.6 Å². The monoisotopic (exact) mass is 298 g/mol. The Kier molecular flexibility index (Phi) is 7.97. The van der Waals surface area contributed by atoms with Gasteiger partial charge in [0.2, 0.25) is 0 Å². The number of nitrogens with two attached hydrogens (primary N) is 1. The molecule has 0 spiro atoms. The summed E-state index contributed by atoms with van der Waals surface area (Å²) < 4.78 is 5.43. The average molecular weight is 299 g/mol. The summed E-state index contributed by atoms with van der Waals surface area (Å²) in [6.07, 6.45) is 1.21. The van der Waals surface area contributed by atoms with Crippen LogP contribution in [0.25, 0.3) is 0 Å². The predicted octanol–water partition coefficient (Wildman–Crippen LogP) is 3.55. The van der Waals surface area contributed by atoms with Crippen LogP contribution in [-0.4, -0.2) is 31.1 Å². The topological polar surface area (TPSA) is 38.5 Å². The van der Waals surface area contributed by atoms with Gasteiger partial charge in [0.15, 0.2) is 0 Å². The lowest BCUT2D eigenvalue weighted by molar-refractivity contribution is 0.317. The Morgan fingerprint density at radius 3 is 2.70 bits per heavy atom. The molecule has 0 bridgehead atoms. The van der Waals surface area contributed by atoms with Crippen LogP contribution in [0.1, 0.15) is 32.8 Å². The SMILES string of the molecule is CC.CCOc1ccc(CN2CCC(CN)C2)cc1Cl. The van der Waals surface area contributed by atoms with E-state index in [-0.39, 0.29) is 0 Å². The highest BCUT2D eigenvalue weighted by atomic mass is 35.5. The molecule has 2 N–H and O–H groups in total. The van der Waals surface area contributed by atoms with E-state index >= 15 is 0 Å². The summed E-state index contributed by atoms with van der Waals surface area (Å²) in [4.78, 5) is 2.43. The van der Waals surface area contributed by atoms with Crippen molar-refractivity contribution in [2.75, 3.05) is 26.2 Å². The highest BCUT2D eigenvalue weighted by Gasteiger charge is 2.21. The number of likely N-dealkylation sites (tertiary alicyclic amines) is 1. The first-order valence-corrected chi connectivity index (χ1v) is 7.94. The summed E-state index contributed by atoms with van der Waals surface area (Å²) >= 11 is 6.19. The molecule has 114 valence electrons. The zero-order valence-electron chi connectivity index (χ0n) is 12.9. The van der Waals surface area contributed by atoms with Crippen molar-refractivity contribution in [1.82, 2.24) is 4.90 Å². The maximum Gasteiger partial charge on any atom is 0.137 e. The second-order valence-electron chi connectivity index (χ2n) is 4.82. The van der Waals surface area contributed by atoms with Crippen LogP contribution in [0.3, 0.4) is 0 Å². The van der Waals surface area contributed by atoms with Gasteiger partial charge in [0, 0.05) is 13.1 Å². The van der Waals surface area contributed by atoms with Crippen molar-refractivity contribution in [2.24, 2.45) is 11.7 Å². The van der Waals surface area contributed by atoms with E-state index in [1.54, 1.807) is 0 Å². The van der Waals surface area contributed by atoms with E-state index in [9.17, 15) is 0 Å². The third-order valence-electron chi connectivity index (χ3n) is 3.41. The molecule has 1 aliphatic heterocycles. The van der Waals surface area contributed by atoms with Crippen molar-refractivity contribution >= 4 is 11.6 Å². The average Bonchev–Trinajstić information content (AvgIpc) is 2.92. The third kappa shape index (κ3) is 4.97. The molecule has 3 nitrogen and oxygen atoms in total. The lowest BCUT2D eigenvalue weighted by atomic mass is 10.1. The zero-order valence-corrected chi connectivity index (χ0v) is 13.6. The molecule has 0 radical (unpaired) electrons. The molecule has 20 heavy (non-hydrogen) atoms. The lowest BCUT2D eigenvalue weighted by Crippen LogP contribution is -2.22. The van der Waals surface area contributed by atoms with Gasteiger partial charge < -0.3 is 10.5 Å². The molecule has 1 fully saturated rings.